The zero-order valence-electron chi connectivity index (χ0n) is 17.4. The Morgan fingerprint density at radius 3 is 2.50 bits per heavy atom. The van der Waals surface area contributed by atoms with Crippen molar-refractivity contribution < 1.29 is 14.6 Å². The molecule has 0 aromatic carbocycles. The highest BCUT2D eigenvalue weighted by Crippen LogP contribution is 2.66. The fourth-order valence-electron chi connectivity index (χ4n) is 8.03. The van der Waals surface area contributed by atoms with Crippen molar-refractivity contribution in [2.75, 3.05) is 13.7 Å². The lowest BCUT2D eigenvalue weighted by Gasteiger charge is -2.61. The average Bonchev–Trinajstić information content (AvgIpc) is 2.97. The maximum atomic E-state index is 10.7. The highest BCUT2D eigenvalue weighted by molar-refractivity contribution is 5.10. The first kappa shape index (κ1) is 19.2. The monoisotopic (exact) mass is 364 g/mol. The van der Waals surface area contributed by atoms with Crippen LogP contribution >= 0.6 is 0 Å². The largest absolute Gasteiger partial charge is 0.390 e. The van der Waals surface area contributed by atoms with Gasteiger partial charge in [-0.1, -0.05) is 20.8 Å². The van der Waals surface area contributed by atoms with Crippen molar-refractivity contribution in [2.24, 2.45) is 34.5 Å². The van der Waals surface area contributed by atoms with Crippen LogP contribution in [0.2, 0.25) is 0 Å². The van der Waals surface area contributed by atoms with E-state index in [4.69, 9.17) is 9.47 Å². The van der Waals surface area contributed by atoms with E-state index in [0.717, 1.165) is 43.6 Å². The van der Waals surface area contributed by atoms with Gasteiger partial charge in [-0.3, -0.25) is 0 Å². The molecule has 4 aliphatic carbocycles. The molecule has 3 nitrogen and oxygen atoms in total. The third-order valence-corrected chi connectivity index (χ3v) is 9.40. The van der Waals surface area contributed by atoms with Crippen molar-refractivity contribution >= 4 is 0 Å². The Morgan fingerprint density at radius 2 is 1.77 bits per heavy atom. The van der Waals surface area contributed by atoms with Crippen molar-refractivity contribution in [3.8, 4) is 0 Å². The Morgan fingerprint density at radius 1 is 1.00 bits per heavy atom. The summed E-state index contributed by atoms with van der Waals surface area (Å²) < 4.78 is 12.0. The van der Waals surface area contributed by atoms with E-state index in [2.05, 4.69) is 20.8 Å². The Balaban J connectivity index is 1.56. The number of hydrogen-bond donors (Lipinski definition) is 1. The minimum atomic E-state index is -0.255. The van der Waals surface area contributed by atoms with E-state index >= 15 is 0 Å². The summed E-state index contributed by atoms with van der Waals surface area (Å²) in [7, 11) is 1.92. The third-order valence-electron chi connectivity index (χ3n) is 9.40. The van der Waals surface area contributed by atoms with Crippen molar-refractivity contribution in [1.29, 1.82) is 0 Å². The molecule has 1 N–H and O–H groups in total. The molecule has 0 radical (unpaired) electrons. The van der Waals surface area contributed by atoms with Gasteiger partial charge in [0.15, 0.2) is 0 Å². The van der Waals surface area contributed by atoms with Gasteiger partial charge in [0.25, 0.3) is 0 Å². The number of rotatable bonds is 4. The van der Waals surface area contributed by atoms with Gasteiger partial charge in [0.2, 0.25) is 0 Å². The molecule has 0 spiro atoms. The van der Waals surface area contributed by atoms with Crippen LogP contribution < -0.4 is 0 Å². The van der Waals surface area contributed by atoms with E-state index < -0.39 is 0 Å². The van der Waals surface area contributed by atoms with Gasteiger partial charge in [-0.25, -0.2) is 0 Å². The lowest BCUT2D eigenvalue weighted by molar-refractivity contribution is -0.175. The lowest BCUT2D eigenvalue weighted by atomic mass is 9.45. The highest BCUT2D eigenvalue weighted by Gasteiger charge is 2.61. The van der Waals surface area contributed by atoms with Gasteiger partial charge in [-0.05, 0) is 92.3 Å². The Kier molecular flexibility index (Phi) is 5.20. The first-order valence-corrected chi connectivity index (χ1v) is 11.3. The number of aliphatic hydroxyl groups is 1. The molecule has 4 saturated carbocycles. The zero-order chi connectivity index (χ0) is 18.5. The second kappa shape index (κ2) is 7.04. The summed E-state index contributed by atoms with van der Waals surface area (Å²) in [5.41, 5.74) is 0.748. The van der Waals surface area contributed by atoms with Gasteiger partial charge in [0.05, 0.1) is 18.3 Å². The van der Waals surface area contributed by atoms with Crippen LogP contribution in [0, 0.1) is 34.5 Å². The zero-order valence-corrected chi connectivity index (χ0v) is 17.4. The maximum absolute atomic E-state index is 10.7. The molecule has 0 unspecified atom stereocenters. The fourth-order valence-corrected chi connectivity index (χ4v) is 8.03. The van der Waals surface area contributed by atoms with Crippen LogP contribution in [0.3, 0.4) is 0 Å². The number of fused-ring (bicyclic) bond motifs is 5. The quantitative estimate of drug-likeness (QED) is 0.778. The van der Waals surface area contributed by atoms with E-state index in [-0.39, 0.29) is 12.2 Å². The van der Waals surface area contributed by atoms with Gasteiger partial charge in [0, 0.05) is 13.7 Å². The van der Waals surface area contributed by atoms with Crippen LogP contribution in [0.25, 0.3) is 0 Å². The van der Waals surface area contributed by atoms with E-state index in [0.29, 0.717) is 22.9 Å². The molecule has 0 amide bonds. The van der Waals surface area contributed by atoms with E-state index in [1.54, 1.807) is 0 Å². The minimum absolute atomic E-state index is 0.0542. The first-order valence-electron chi connectivity index (χ1n) is 11.3. The van der Waals surface area contributed by atoms with Crippen LogP contribution in [0.1, 0.15) is 78.6 Å². The van der Waals surface area contributed by atoms with Gasteiger partial charge < -0.3 is 14.6 Å². The number of methoxy groups -OCH3 is 1. The van der Waals surface area contributed by atoms with Crippen molar-refractivity contribution in [3.05, 3.63) is 0 Å². The third kappa shape index (κ3) is 2.79. The fraction of sp³-hybridized carbons (Fsp3) is 1.00. The second-order valence-electron chi connectivity index (χ2n) is 10.4. The summed E-state index contributed by atoms with van der Waals surface area (Å²) in [4.78, 5) is 0. The molecule has 0 heterocycles. The van der Waals surface area contributed by atoms with Crippen molar-refractivity contribution in [2.45, 2.75) is 96.9 Å². The molecule has 3 heteroatoms. The van der Waals surface area contributed by atoms with Crippen LogP contribution in [-0.2, 0) is 9.47 Å². The predicted octanol–water partition coefficient (Wildman–Crippen LogP) is 4.81. The SMILES string of the molecule is CCCO[C@H]1C[C@@]2(C)[C@@H](CC[C@@H]3[C@@H]2CC[C@]2(C)[C@@H](OC)CC[C@@H]32)C[C@@H]1O. The van der Waals surface area contributed by atoms with Crippen LogP contribution in [0.15, 0.2) is 0 Å². The summed E-state index contributed by atoms with van der Waals surface area (Å²) in [5, 5.41) is 10.7. The molecule has 4 aliphatic rings. The molecule has 0 aliphatic heterocycles. The van der Waals surface area contributed by atoms with Gasteiger partial charge >= 0.3 is 0 Å². The molecule has 0 aromatic heterocycles. The van der Waals surface area contributed by atoms with Crippen molar-refractivity contribution in [3.63, 3.8) is 0 Å². The molecule has 150 valence electrons. The molecule has 26 heavy (non-hydrogen) atoms. The molecule has 0 bridgehead atoms. The maximum Gasteiger partial charge on any atom is 0.0839 e. The average molecular weight is 365 g/mol. The predicted molar refractivity (Wildman–Crippen MR) is 104 cm³/mol. The highest BCUT2D eigenvalue weighted by atomic mass is 16.5. The Bertz CT molecular complexity index is 508. The topological polar surface area (TPSA) is 38.7 Å². The Labute approximate surface area is 160 Å². The second-order valence-corrected chi connectivity index (χ2v) is 10.4. The molecular weight excluding hydrogens is 324 g/mol. The summed E-state index contributed by atoms with van der Waals surface area (Å²) >= 11 is 0. The van der Waals surface area contributed by atoms with Gasteiger partial charge in [-0.2, -0.15) is 0 Å². The van der Waals surface area contributed by atoms with Crippen LogP contribution in [0.5, 0.6) is 0 Å². The summed E-state index contributed by atoms with van der Waals surface area (Å²) in [6.07, 6.45) is 11.3. The normalized spacial score (nSPS) is 53.7. The van der Waals surface area contributed by atoms with E-state index in [1.807, 2.05) is 7.11 Å². The molecule has 0 aromatic rings. The minimum Gasteiger partial charge on any atom is -0.390 e. The molecule has 9 atom stereocenters. The molecular formula is C23H40O3. The molecule has 4 fully saturated rings. The van der Waals surface area contributed by atoms with Gasteiger partial charge in [-0.15, -0.1) is 0 Å². The summed E-state index contributed by atoms with van der Waals surface area (Å²) in [6, 6.07) is 0. The van der Waals surface area contributed by atoms with Crippen LogP contribution in [0.4, 0.5) is 0 Å². The standard InChI is InChI=1S/C23H40O3/c1-5-12-26-20-14-23(3)15(13-19(20)24)6-7-16-17-8-9-21(25-4)22(17,2)11-10-18(16)23/h15-21,24H,5-14H2,1-4H3/t15-,16-,17-,18-,19-,20-,21-,22-,23-/m0/s1. The van der Waals surface area contributed by atoms with E-state index in [9.17, 15) is 5.11 Å². The van der Waals surface area contributed by atoms with Crippen LogP contribution in [-0.4, -0.2) is 37.1 Å². The number of hydrogen-bond acceptors (Lipinski definition) is 3. The van der Waals surface area contributed by atoms with E-state index in [1.165, 1.54) is 38.5 Å². The lowest BCUT2D eigenvalue weighted by Crippen LogP contribution is -2.57. The molecule has 0 saturated heterocycles. The number of aliphatic hydroxyl groups excluding tert-OH is 1. The first-order chi connectivity index (χ1) is 12.4. The summed E-state index contributed by atoms with van der Waals surface area (Å²) in [5.74, 6) is 3.20. The Hall–Kier alpha value is -0.120. The summed E-state index contributed by atoms with van der Waals surface area (Å²) in [6.45, 7) is 8.01. The number of ether oxygens (including phenoxy) is 2. The van der Waals surface area contributed by atoms with Gasteiger partial charge in [0.1, 0.15) is 0 Å². The van der Waals surface area contributed by atoms with Crippen molar-refractivity contribution in [1.82, 2.24) is 0 Å². The molecule has 4 rings (SSSR count). The smallest absolute Gasteiger partial charge is 0.0839 e.